The highest BCUT2D eigenvalue weighted by Gasteiger charge is 2.17. The number of amides is 2. The molecule has 1 aromatic rings. The van der Waals surface area contributed by atoms with Gasteiger partial charge in [0, 0.05) is 10.7 Å². The van der Waals surface area contributed by atoms with Crippen molar-refractivity contribution in [2.24, 2.45) is 0 Å². The van der Waals surface area contributed by atoms with E-state index in [2.05, 4.69) is 10.6 Å². The monoisotopic (exact) mass is 284 g/mol. The number of aliphatic hydroxyl groups is 1. The zero-order valence-electron chi connectivity index (χ0n) is 10.9. The molecule has 0 aromatic heterocycles. The van der Waals surface area contributed by atoms with E-state index in [-0.39, 0.29) is 6.61 Å². The Morgan fingerprint density at radius 2 is 2.05 bits per heavy atom. The Morgan fingerprint density at radius 1 is 1.37 bits per heavy atom. The first-order valence-electron chi connectivity index (χ1n) is 5.96. The van der Waals surface area contributed by atoms with E-state index in [4.69, 9.17) is 16.7 Å². The third kappa shape index (κ3) is 4.54. The van der Waals surface area contributed by atoms with Crippen LogP contribution in [-0.4, -0.2) is 29.6 Å². The maximum atomic E-state index is 11.7. The van der Waals surface area contributed by atoms with Gasteiger partial charge in [-0.15, -0.1) is 0 Å². The van der Waals surface area contributed by atoms with Crippen LogP contribution in [-0.2, 0) is 9.59 Å². The van der Waals surface area contributed by atoms with Crippen LogP contribution in [0.15, 0.2) is 18.2 Å². The van der Waals surface area contributed by atoms with Gasteiger partial charge in [-0.25, -0.2) is 0 Å². The molecule has 0 aliphatic rings. The zero-order valence-corrected chi connectivity index (χ0v) is 11.6. The minimum Gasteiger partial charge on any atom is -0.394 e. The minimum absolute atomic E-state index is 0.203. The molecule has 0 heterocycles. The molecule has 2 amide bonds. The summed E-state index contributed by atoms with van der Waals surface area (Å²) < 4.78 is 0. The summed E-state index contributed by atoms with van der Waals surface area (Å²) >= 11 is 5.82. The molecule has 0 bridgehead atoms. The van der Waals surface area contributed by atoms with E-state index >= 15 is 0 Å². The van der Waals surface area contributed by atoms with E-state index < -0.39 is 17.9 Å². The van der Waals surface area contributed by atoms with Crippen molar-refractivity contribution < 1.29 is 14.7 Å². The number of hydrogen-bond acceptors (Lipinski definition) is 3. The first-order chi connectivity index (χ1) is 8.97. The second-order valence-corrected chi connectivity index (χ2v) is 4.61. The number of rotatable bonds is 4. The number of anilines is 1. The fraction of sp³-hybridized carbons (Fsp3) is 0.385. The Hall–Kier alpha value is -1.59. The predicted molar refractivity (Wildman–Crippen MR) is 74.1 cm³/mol. The van der Waals surface area contributed by atoms with Crippen molar-refractivity contribution in [3.8, 4) is 0 Å². The van der Waals surface area contributed by atoms with Crippen LogP contribution in [0.1, 0.15) is 18.9 Å². The molecule has 0 fully saturated rings. The largest absolute Gasteiger partial charge is 0.394 e. The molecule has 0 saturated heterocycles. The molecule has 1 unspecified atom stereocenters. The molecule has 0 spiro atoms. The highest BCUT2D eigenvalue weighted by molar-refractivity contribution is 6.40. The van der Waals surface area contributed by atoms with Crippen molar-refractivity contribution in [1.29, 1.82) is 0 Å². The van der Waals surface area contributed by atoms with Crippen molar-refractivity contribution in [1.82, 2.24) is 5.32 Å². The number of hydrogen-bond donors (Lipinski definition) is 3. The van der Waals surface area contributed by atoms with E-state index in [1.807, 2.05) is 0 Å². The van der Waals surface area contributed by atoms with Crippen molar-refractivity contribution in [2.75, 3.05) is 11.9 Å². The maximum Gasteiger partial charge on any atom is 0.313 e. The Labute approximate surface area is 117 Å². The summed E-state index contributed by atoms with van der Waals surface area (Å²) in [6, 6.07) is 4.61. The molecule has 19 heavy (non-hydrogen) atoms. The molecular weight excluding hydrogens is 268 g/mol. The maximum absolute atomic E-state index is 11.7. The number of aliphatic hydroxyl groups excluding tert-OH is 1. The molecule has 1 aromatic carbocycles. The molecule has 0 aliphatic heterocycles. The Morgan fingerprint density at radius 3 is 2.63 bits per heavy atom. The SMILES string of the molecule is CCC(CO)NC(=O)C(=O)Nc1cc(Cl)ccc1C. The van der Waals surface area contributed by atoms with E-state index in [0.29, 0.717) is 17.1 Å². The average molecular weight is 285 g/mol. The number of aryl methyl sites for hydroxylation is 1. The summed E-state index contributed by atoms with van der Waals surface area (Å²) in [5.74, 6) is -1.56. The molecule has 0 radical (unpaired) electrons. The molecule has 5 nitrogen and oxygen atoms in total. The summed E-state index contributed by atoms with van der Waals surface area (Å²) in [5.41, 5.74) is 1.30. The molecular formula is C13H17ClN2O3. The van der Waals surface area contributed by atoms with Gasteiger partial charge in [0.25, 0.3) is 0 Å². The molecule has 1 rings (SSSR count). The lowest BCUT2D eigenvalue weighted by atomic mass is 10.2. The van der Waals surface area contributed by atoms with E-state index in [0.717, 1.165) is 5.56 Å². The van der Waals surface area contributed by atoms with Crippen LogP contribution in [0.25, 0.3) is 0 Å². The Balaban J connectivity index is 2.69. The van der Waals surface area contributed by atoms with Gasteiger partial charge in [-0.1, -0.05) is 24.6 Å². The molecule has 0 saturated carbocycles. The third-order valence-corrected chi connectivity index (χ3v) is 2.94. The van der Waals surface area contributed by atoms with Crippen LogP contribution in [0, 0.1) is 6.92 Å². The third-order valence-electron chi connectivity index (χ3n) is 2.70. The van der Waals surface area contributed by atoms with Gasteiger partial charge in [0.2, 0.25) is 0 Å². The topological polar surface area (TPSA) is 78.4 Å². The lowest BCUT2D eigenvalue weighted by Gasteiger charge is -2.14. The summed E-state index contributed by atoms with van der Waals surface area (Å²) in [7, 11) is 0. The molecule has 3 N–H and O–H groups in total. The number of carbonyl (C=O) groups is 2. The second-order valence-electron chi connectivity index (χ2n) is 4.17. The van der Waals surface area contributed by atoms with Crippen LogP contribution in [0.5, 0.6) is 0 Å². The van der Waals surface area contributed by atoms with Crippen LogP contribution in [0.2, 0.25) is 5.02 Å². The molecule has 0 aliphatic carbocycles. The van der Waals surface area contributed by atoms with Crippen LogP contribution in [0.3, 0.4) is 0 Å². The minimum atomic E-state index is -0.780. The summed E-state index contributed by atoms with van der Waals surface area (Å²) in [4.78, 5) is 23.3. The zero-order chi connectivity index (χ0) is 14.4. The lowest BCUT2D eigenvalue weighted by Crippen LogP contribution is -2.43. The van der Waals surface area contributed by atoms with Gasteiger partial charge < -0.3 is 15.7 Å². The van der Waals surface area contributed by atoms with Gasteiger partial charge in [0.1, 0.15) is 0 Å². The van der Waals surface area contributed by atoms with Crippen LogP contribution in [0.4, 0.5) is 5.69 Å². The normalized spacial score (nSPS) is 11.8. The van der Waals surface area contributed by atoms with Crippen molar-refractivity contribution >= 4 is 29.1 Å². The van der Waals surface area contributed by atoms with Crippen molar-refractivity contribution in [3.63, 3.8) is 0 Å². The summed E-state index contributed by atoms with van der Waals surface area (Å²) in [5, 5.41) is 14.4. The van der Waals surface area contributed by atoms with Gasteiger partial charge in [0.15, 0.2) is 0 Å². The van der Waals surface area contributed by atoms with Gasteiger partial charge in [-0.05, 0) is 31.0 Å². The van der Waals surface area contributed by atoms with Gasteiger partial charge in [0.05, 0.1) is 12.6 Å². The number of carbonyl (C=O) groups excluding carboxylic acids is 2. The Kier molecular flexibility index (Phi) is 5.79. The molecule has 6 heteroatoms. The fourth-order valence-electron chi connectivity index (χ4n) is 1.44. The van der Waals surface area contributed by atoms with Gasteiger partial charge in [-0.3, -0.25) is 9.59 Å². The first kappa shape index (κ1) is 15.5. The van der Waals surface area contributed by atoms with Gasteiger partial charge >= 0.3 is 11.8 Å². The highest BCUT2D eigenvalue weighted by atomic mass is 35.5. The number of halogens is 1. The Bertz CT molecular complexity index is 473. The second kappa shape index (κ2) is 7.11. The highest BCUT2D eigenvalue weighted by Crippen LogP contribution is 2.19. The van der Waals surface area contributed by atoms with E-state index in [1.54, 1.807) is 32.0 Å². The van der Waals surface area contributed by atoms with Crippen molar-refractivity contribution in [2.45, 2.75) is 26.3 Å². The predicted octanol–water partition coefficient (Wildman–Crippen LogP) is 1.47. The summed E-state index contributed by atoms with van der Waals surface area (Å²) in [6.45, 7) is 3.40. The standard InChI is InChI=1S/C13H17ClN2O3/c1-3-10(7-17)15-12(18)13(19)16-11-6-9(14)5-4-8(11)2/h4-6,10,17H,3,7H2,1-2H3,(H,15,18)(H,16,19). The van der Waals surface area contributed by atoms with Crippen molar-refractivity contribution in [3.05, 3.63) is 28.8 Å². The first-order valence-corrected chi connectivity index (χ1v) is 6.34. The number of nitrogens with one attached hydrogen (secondary N) is 2. The van der Waals surface area contributed by atoms with Crippen LogP contribution >= 0.6 is 11.6 Å². The quantitative estimate of drug-likeness (QED) is 0.733. The van der Waals surface area contributed by atoms with E-state index in [1.165, 1.54) is 0 Å². The van der Waals surface area contributed by atoms with Crippen LogP contribution < -0.4 is 10.6 Å². The average Bonchev–Trinajstić information content (AvgIpc) is 2.39. The smallest absolute Gasteiger partial charge is 0.313 e. The lowest BCUT2D eigenvalue weighted by molar-refractivity contribution is -0.136. The van der Waals surface area contributed by atoms with Gasteiger partial charge in [-0.2, -0.15) is 0 Å². The van der Waals surface area contributed by atoms with E-state index in [9.17, 15) is 9.59 Å². The molecule has 104 valence electrons. The fourth-order valence-corrected chi connectivity index (χ4v) is 1.61. The number of benzene rings is 1. The molecule has 1 atom stereocenters. The summed E-state index contributed by atoms with van der Waals surface area (Å²) in [6.07, 6.45) is 0.547.